The van der Waals surface area contributed by atoms with Crippen molar-refractivity contribution in [2.24, 2.45) is 0 Å². The second kappa shape index (κ2) is 10.4. The zero-order valence-corrected chi connectivity index (χ0v) is 14.4. The zero-order valence-electron chi connectivity index (χ0n) is 13.6. The van der Waals surface area contributed by atoms with Crippen LogP contribution in [-0.2, 0) is 11.3 Å². The number of hydrogen-bond acceptors (Lipinski definition) is 5. The highest BCUT2D eigenvalue weighted by atomic mass is 32.1. The number of thiophene rings is 1. The summed E-state index contributed by atoms with van der Waals surface area (Å²) in [5.74, 6) is 0.787. The molecule has 1 N–H and O–H groups in total. The Morgan fingerprint density at radius 2 is 2.04 bits per heavy atom. The summed E-state index contributed by atoms with van der Waals surface area (Å²) in [7, 11) is 1.71. The van der Waals surface area contributed by atoms with E-state index < -0.39 is 6.10 Å². The molecule has 0 radical (unpaired) electrons. The molecule has 0 aliphatic rings. The van der Waals surface area contributed by atoms with E-state index in [-0.39, 0.29) is 0 Å². The second-order valence-electron chi connectivity index (χ2n) is 5.49. The first-order valence-corrected chi connectivity index (χ1v) is 8.80. The lowest BCUT2D eigenvalue weighted by Crippen LogP contribution is -2.36. The number of aliphatic hydroxyl groups excluding tert-OH is 1. The summed E-state index contributed by atoms with van der Waals surface area (Å²) < 4.78 is 10.8. The van der Waals surface area contributed by atoms with Crippen molar-refractivity contribution < 1.29 is 14.6 Å². The molecule has 0 spiro atoms. The average Bonchev–Trinajstić information content (AvgIpc) is 3.07. The first-order valence-electron chi connectivity index (χ1n) is 7.86. The molecule has 1 aromatic heterocycles. The quantitative estimate of drug-likeness (QED) is 0.641. The van der Waals surface area contributed by atoms with E-state index in [2.05, 4.69) is 21.7 Å². The van der Waals surface area contributed by atoms with E-state index in [1.54, 1.807) is 18.4 Å². The number of rotatable bonds is 11. The molecule has 4 nitrogen and oxygen atoms in total. The predicted molar refractivity (Wildman–Crippen MR) is 94.0 cm³/mol. The maximum atomic E-state index is 10.3. The van der Waals surface area contributed by atoms with Gasteiger partial charge in [-0.2, -0.15) is 11.3 Å². The largest absolute Gasteiger partial charge is 0.491 e. The van der Waals surface area contributed by atoms with Gasteiger partial charge in [-0.25, -0.2) is 0 Å². The highest BCUT2D eigenvalue weighted by molar-refractivity contribution is 7.07. The van der Waals surface area contributed by atoms with Crippen LogP contribution in [0.1, 0.15) is 12.0 Å². The molecule has 0 aliphatic heterocycles. The minimum absolute atomic E-state index is 0.300. The topological polar surface area (TPSA) is 41.9 Å². The van der Waals surface area contributed by atoms with Crippen molar-refractivity contribution in [1.29, 1.82) is 0 Å². The average molecular weight is 335 g/mol. The van der Waals surface area contributed by atoms with Crippen molar-refractivity contribution in [1.82, 2.24) is 4.90 Å². The van der Waals surface area contributed by atoms with Gasteiger partial charge in [0.25, 0.3) is 0 Å². The molecule has 1 aromatic carbocycles. The molecule has 0 fully saturated rings. The second-order valence-corrected chi connectivity index (χ2v) is 6.27. The Kier molecular flexibility index (Phi) is 8.11. The van der Waals surface area contributed by atoms with Gasteiger partial charge in [-0.1, -0.05) is 18.2 Å². The summed E-state index contributed by atoms with van der Waals surface area (Å²) in [6, 6.07) is 11.7. The Morgan fingerprint density at radius 3 is 2.74 bits per heavy atom. The van der Waals surface area contributed by atoms with E-state index in [9.17, 15) is 5.11 Å². The van der Waals surface area contributed by atoms with E-state index in [1.807, 2.05) is 30.3 Å². The van der Waals surface area contributed by atoms with E-state index in [1.165, 1.54) is 5.56 Å². The Bertz CT molecular complexity index is 518. The van der Waals surface area contributed by atoms with Crippen LogP contribution < -0.4 is 4.74 Å². The highest BCUT2D eigenvalue weighted by Gasteiger charge is 2.13. The molecule has 2 aromatic rings. The molecule has 126 valence electrons. The third-order valence-corrected chi connectivity index (χ3v) is 4.20. The number of nitrogens with zero attached hydrogens (tertiary/aromatic N) is 1. The van der Waals surface area contributed by atoms with E-state index in [4.69, 9.17) is 9.47 Å². The highest BCUT2D eigenvalue weighted by Crippen LogP contribution is 2.12. The molecular weight excluding hydrogens is 310 g/mol. The Hall–Kier alpha value is -1.40. The predicted octanol–water partition coefficient (Wildman–Crippen LogP) is 3.03. The van der Waals surface area contributed by atoms with Gasteiger partial charge in [0.15, 0.2) is 0 Å². The van der Waals surface area contributed by atoms with Gasteiger partial charge >= 0.3 is 0 Å². The molecule has 1 heterocycles. The van der Waals surface area contributed by atoms with Gasteiger partial charge in [0.05, 0.1) is 0 Å². The number of benzene rings is 1. The maximum absolute atomic E-state index is 10.3. The third kappa shape index (κ3) is 7.14. The minimum Gasteiger partial charge on any atom is -0.491 e. The molecule has 0 saturated heterocycles. The van der Waals surface area contributed by atoms with Crippen LogP contribution in [0.15, 0.2) is 47.2 Å². The summed E-state index contributed by atoms with van der Waals surface area (Å²) in [5.41, 5.74) is 1.28. The minimum atomic E-state index is -0.517. The van der Waals surface area contributed by atoms with Gasteiger partial charge in [-0.3, -0.25) is 4.90 Å². The van der Waals surface area contributed by atoms with Crippen molar-refractivity contribution >= 4 is 11.3 Å². The molecule has 5 heteroatoms. The van der Waals surface area contributed by atoms with Crippen LogP contribution >= 0.6 is 11.3 Å². The Balaban J connectivity index is 1.80. The van der Waals surface area contributed by atoms with Crippen LogP contribution in [0, 0.1) is 0 Å². The van der Waals surface area contributed by atoms with Crippen molar-refractivity contribution in [3.63, 3.8) is 0 Å². The fourth-order valence-corrected chi connectivity index (χ4v) is 3.03. The van der Waals surface area contributed by atoms with Gasteiger partial charge in [-0.15, -0.1) is 0 Å². The van der Waals surface area contributed by atoms with Crippen molar-refractivity contribution in [3.8, 4) is 5.75 Å². The molecule has 0 saturated carbocycles. The number of aliphatic hydroxyl groups is 1. The van der Waals surface area contributed by atoms with Crippen LogP contribution in [-0.4, -0.2) is 49.5 Å². The van der Waals surface area contributed by atoms with Crippen molar-refractivity contribution in [3.05, 3.63) is 52.7 Å². The van der Waals surface area contributed by atoms with E-state index in [0.717, 1.165) is 31.9 Å². The monoisotopic (exact) mass is 335 g/mol. The lowest BCUT2D eigenvalue weighted by molar-refractivity contribution is 0.0618. The van der Waals surface area contributed by atoms with Crippen LogP contribution in [0.3, 0.4) is 0 Å². The maximum Gasteiger partial charge on any atom is 0.119 e. The fourth-order valence-electron chi connectivity index (χ4n) is 2.37. The normalized spacial score (nSPS) is 12.5. The molecular formula is C18H25NO3S. The lowest BCUT2D eigenvalue weighted by atomic mass is 10.2. The summed E-state index contributed by atoms with van der Waals surface area (Å²) in [6.45, 7) is 3.36. The zero-order chi connectivity index (χ0) is 16.3. The van der Waals surface area contributed by atoms with E-state index in [0.29, 0.717) is 13.2 Å². The van der Waals surface area contributed by atoms with Gasteiger partial charge in [0.2, 0.25) is 0 Å². The van der Waals surface area contributed by atoms with Gasteiger partial charge in [0, 0.05) is 33.4 Å². The van der Waals surface area contributed by atoms with Crippen LogP contribution in [0.5, 0.6) is 5.75 Å². The molecule has 0 aliphatic carbocycles. The number of ether oxygens (including phenoxy) is 2. The van der Waals surface area contributed by atoms with Crippen LogP contribution in [0.2, 0.25) is 0 Å². The van der Waals surface area contributed by atoms with Crippen LogP contribution in [0.4, 0.5) is 0 Å². The van der Waals surface area contributed by atoms with Crippen molar-refractivity contribution in [2.45, 2.75) is 19.1 Å². The smallest absolute Gasteiger partial charge is 0.119 e. The van der Waals surface area contributed by atoms with E-state index >= 15 is 0 Å². The molecule has 0 unspecified atom stereocenters. The number of para-hydroxylation sites is 1. The van der Waals surface area contributed by atoms with Gasteiger partial charge < -0.3 is 14.6 Å². The van der Waals surface area contributed by atoms with Crippen molar-refractivity contribution in [2.75, 3.05) is 33.4 Å². The number of hydrogen-bond donors (Lipinski definition) is 1. The number of methoxy groups -OCH3 is 1. The molecule has 0 amide bonds. The molecule has 2 rings (SSSR count). The fraction of sp³-hybridized carbons (Fsp3) is 0.444. The molecule has 1 atom stereocenters. The first kappa shape index (κ1) is 17.9. The van der Waals surface area contributed by atoms with Crippen LogP contribution in [0.25, 0.3) is 0 Å². The van der Waals surface area contributed by atoms with Gasteiger partial charge in [0.1, 0.15) is 18.5 Å². The molecule has 0 bridgehead atoms. The summed E-state index contributed by atoms with van der Waals surface area (Å²) in [4.78, 5) is 2.25. The Morgan fingerprint density at radius 1 is 1.22 bits per heavy atom. The summed E-state index contributed by atoms with van der Waals surface area (Å²) >= 11 is 1.70. The third-order valence-electron chi connectivity index (χ3n) is 3.46. The molecule has 23 heavy (non-hydrogen) atoms. The standard InChI is InChI=1S/C18H25NO3S/c1-21-10-5-9-19(12-16-8-11-23-15-16)13-17(20)14-22-18-6-3-2-4-7-18/h2-4,6-8,11,15,17,20H,5,9-10,12-14H2,1H3/t17-/m0/s1. The summed E-state index contributed by atoms with van der Waals surface area (Å²) in [6.07, 6.45) is 0.434. The Labute approximate surface area is 142 Å². The van der Waals surface area contributed by atoms with Gasteiger partial charge in [-0.05, 0) is 40.9 Å². The SMILES string of the molecule is COCCCN(Cc1ccsc1)C[C@H](O)COc1ccccc1. The first-order chi connectivity index (χ1) is 11.3. The summed E-state index contributed by atoms with van der Waals surface area (Å²) in [5, 5.41) is 14.5. The lowest BCUT2D eigenvalue weighted by Gasteiger charge is -2.24.